The molecule has 5 heteroatoms. The highest BCUT2D eigenvalue weighted by Crippen LogP contribution is 2.31. The van der Waals surface area contributed by atoms with Crippen LogP contribution in [0, 0.1) is 11.8 Å². The number of rotatable bonds is 7. The molecule has 0 heterocycles. The number of hydrogen-bond donors (Lipinski definition) is 2. The Morgan fingerprint density at radius 1 is 1.20 bits per heavy atom. The summed E-state index contributed by atoms with van der Waals surface area (Å²) < 4.78 is 0. The summed E-state index contributed by atoms with van der Waals surface area (Å²) >= 11 is 0. The van der Waals surface area contributed by atoms with Crippen LogP contribution >= 0.6 is 0 Å². The minimum atomic E-state index is -0.702. The molecule has 1 aliphatic carbocycles. The molecule has 20 heavy (non-hydrogen) atoms. The van der Waals surface area contributed by atoms with Gasteiger partial charge in [-0.15, -0.1) is 0 Å². The van der Waals surface area contributed by atoms with Crippen LogP contribution in [-0.4, -0.2) is 47.1 Å². The number of amides is 1. The number of carboxylic acid groups (broad SMARTS) is 1. The minimum absolute atomic E-state index is 0.0832. The zero-order valence-corrected chi connectivity index (χ0v) is 13.1. The van der Waals surface area contributed by atoms with Crippen molar-refractivity contribution in [3.05, 3.63) is 0 Å². The highest BCUT2D eigenvalue weighted by atomic mass is 16.4. The van der Waals surface area contributed by atoms with Gasteiger partial charge in [0.05, 0.1) is 12.5 Å². The van der Waals surface area contributed by atoms with Gasteiger partial charge in [0, 0.05) is 12.1 Å². The maximum atomic E-state index is 12.2. The normalized spacial score (nSPS) is 22.5. The Morgan fingerprint density at radius 2 is 1.80 bits per heavy atom. The summed E-state index contributed by atoms with van der Waals surface area (Å²) in [4.78, 5) is 25.1. The summed E-state index contributed by atoms with van der Waals surface area (Å²) in [6.07, 6.45) is 2.68. The monoisotopic (exact) mass is 284 g/mol. The summed E-state index contributed by atoms with van der Waals surface area (Å²) in [5, 5.41) is 12.3. The molecule has 0 aromatic heterocycles. The molecule has 0 aromatic rings. The molecule has 0 spiro atoms. The quantitative estimate of drug-likeness (QED) is 0.747. The maximum Gasteiger partial charge on any atom is 0.306 e. The number of carbonyl (C=O) groups is 2. The number of nitrogens with zero attached hydrogens (tertiary/aromatic N) is 1. The van der Waals surface area contributed by atoms with E-state index in [1.165, 1.54) is 0 Å². The average Bonchev–Trinajstić information content (AvgIpc) is 2.76. The third-order valence-electron chi connectivity index (χ3n) is 4.06. The van der Waals surface area contributed by atoms with Gasteiger partial charge < -0.3 is 15.3 Å². The van der Waals surface area contributed by atoms with Crippen molar-refractivity contribution < 1.29 is 14.7 Å². The van der Waals surface area contributed by atoms with Gasteiger partial charge in [-0.1, -0.05) is 6.42 Å². The molecule has 2 unspecified atom stereocenters. The van der Waals surface area contributed by atoms with Gasteiger partial charge in [0.25, 0.3) is 0 Å². The standard InChI is InChI=1S/C15H28N2O3/c1-10(2)17(11(3)4)14(18)9-16-8-12-6-5-7-13(12)15(19)20/h10-13,16H,5-9H2,1-4H3,(H,19,20). The fourth-order valence-electron chi connectivity index (χ4n) is 3.23. The van der Waals surface area contributed by atoms with Crippen LogP contribution in [-0.2, 0) is 9.59 Å². The van der Waals surface area contributed by atoms with Crippen molar-refractivity contribution in [1.29, 1.82) is 0 Å². The van der Waals surface area contributed by atoms with E-state index in [-0.39, 0.29) is 29.8 Å². The lowest BCUT2D eigenvalue weighted by Gasteiger charge is -2.31. The molecule has 1 aliphatic rings. The van der Waals surface area contributed by atoms with Gasteiger partial charge in [-0.25, -0.2) is 0 Å². The van der Waals surface area contributed by atoms with Crippen molar-refractivity contribution in [2.75, 3.05) is 13.1 Å². The van der Waals surface area contributed by atoms with Crippen molar-refractivity contribution in [2.24, 2.45) is 11.8 Å². The third-order valence-corrected chi connectivity index (χ3v) is 4.06. The summed E-state index contributed by atoms with van der Waals surface area (Å²) in [5.41, 5.74) is 0. The Hall–Kier alpha value is -1.10. The van der Waals surface area contributed by atoms with Gasteiger partial charge in [-0.3, -0.25) is 9.59 Å². The van der Waals surface area contributed by atoms with Crippen LogP contribution in [0.5, 0.6) is 0 Å². The van der Waals surface area contributed by atoms with E-state index in [9.17, 15) is 9.59 Å². The summed E-state index contributed by atoms with van der Waals surface area (Å²) in [6, 6.07) is 0.366. The van der Waals surface area contributed by atoms with Crippen LogP contribution in [0.1, 0.15) is 47.0 Å². The second-order valence-corrected chi connectivity index (χ2v) is 6.26. The highest BCUT2D eigenvalue weighted by molar-refractivity contribution is 5.78. The molecular formula is C15H28N2O3. The number of carboxylic acids is 1. The Labute approximate surface area is 121 Å². The largest absolute Gasteiger partial charge is 0.481 e. The van der Waals surface area contributed by atoms with Crippen molar-refractivity contribution in [3.8, 4) is 0 Å². The van der Waals surface area contributed by atoms with E-state index in [1.54, 1.807) is 0 Å². The third kappa shape index (κ3) is 4.47. The molecule has 0 aromatic carbocycles. The van der Waals surface area contributed by atoms with Crippen LogP contribution in [0.2, 0.25) is 0 Å². The van der Waals surface area contributed by atoms with E-state index >= 15 is 0 Å². The molecule has 0 bridgehead atoms. The van der Waals surface area contributed by atoms with Crippen LogP contribution in [0.4, 0.5) is 0 Å². The molecular weight excluding hydrogens is 256 g/mol. The Bertz CT molecular complexity index is 334. The lowest BCUT2D eigenvalue weighted by atomic mass is 9.96. The number of aliphatic carboxylic acids is 1. The van der Waals surface area contributed by atoms with Crippen molar-refractivity contribution in [3.63, 3.8) is 0 Å². The smallest absolute Gasteiger partial charge is 0.306 e. The first-order chi connectivity index (χ1) is 9.34. The molecule has 1 fully saturated rings. The fraction of sp³-hybridized carbons (Fsp3) is 0.867. The molecule has 1 saturated carbocycles. The van der Waals surface area contributed by atoms with Crippen molar-refractivity contribution >= 4 is 11.9 Å². The maximum absolute atomic E-state index is 12.2. The van der Waals surface area contributed by atoms with Crippen molar-refractivity contribution in [1.82, 2.24) is 10.2 Å². The number of carbonyl (C=O) groups excluding carboxylic acids is 1. The first kappa shape index (κ1) is 17.0. The van der Waals surface area contributed by atoms with Gasteiger partial charge in [0.2, 0.25) is 5.91 Å². The van der Waals surface area contributed by atoms with Gasteiger partial charge in [-0.2, -0.15) is 0 Å². The van der Waals surface area contributed by atoms with Crippen molar-refractivity contribution in [2.45, 2.75) is 59.0 Å². The summed E-state index contributed by atoms with van der Waals surface area (Å²) in [7, 11) is 0. The summed E-state index contributed by atoms with van der Waals surface area (Å²) in [6.45, 7) is 8.95. The second kappa shape index (κ2) is 7.62. The van der Waals surface area contributed by atoms with Crippen LogP contribution < -0.4 is 5.32 Å². The van der Waals surface area contributed by atoms with E-state index in [1.807, 2.05) is 32.6 Å². The van der Waals surface area contributed by atoms with Gasteiger partial charge in [-0.05, 0) is 53.0 Å². The zero-order valence-electron chi connectivity index (χ0n) is 13.1. The molecule has 1 rings (SSSR count). The molecule has 1 amide bonds. The number of hydrogen-bond acceptors (Lipinski definition) is 3. The minimum Gasteiger partial charge on any atom is -0.481 e. The predicted octanol–water partition coefficient (Wildman–Crippen LogP) is 1.72. The molecule has 0 radical (unpaired) electrons. The lowest BCUT2D eigenvalue weighted by molar-refractivity contribution is -0.142. The fourth-order valence-corrected chi connectivity index (χ4v) is 3.23. The zero-order chi connectivity index (χ0) is 15.3. The number of nitrogens with one attached hydrogen (secondary N) is 1. The molecule has 2 N–H and O–H groups in total. The Balaban J connectivity index is 2.40. The highest BCUT2D eigenvalue weighted by Gasteiger charge is 2.32. The molecule has 2 atom stereocenters. The lowest BCUT2D eigenvalue weighted by Crippen LogP contribution is -2.46. The van der Waals surface area contributed by atoms with Gasteiger partial charge in [0.15, 0.2) is 0 Å². The molecule has 0 aliphatic heterocycles. The van der Waals surface area contributed by atoms with E-state index < -0.39 is 5.97 Å². The van der Waals surface area contributed by atoms with Gasteiger partial charge in [0.1, 0.15) is 0 Å². The van der Waals surface area contributed by atoms with E-state index in [0.29, 0.717) is 13.1 Å². The van der Waals surface area contributed by atoms with Crippen LogP contribution in [0.15, 0.2) is 0 Å². The molecule has 116 valence electrons. The average molecular weight is 284 g/mol. The predicted molar refractivity (Wildman–Crippen MR) is 78.5 cm³/mol. The van der Waals surface area contributed by atoms with Crippen LogP contribution in [0.25, 0.3) is 0 Å². The SMILES string of the molecule is CC(C)N(C(=O)CNCC1CCCC1C(=O)O)C(C)C. The van der Waals surface area contributed by atoms with E-state index in [0.717, 1.165) is 19.3 Å². The van der Waals surface area contributed by atoms with E-state index in [2.05, 4.69) is 5.32 Å². The Morgan fingerprint density at radius 3 is 2.30 bits per heavy atom. The first-order valence-corrected chi connectivity index (χ1v) is 7.59. The first-order valence-electron chi connectivity index (χ1n) is 7.59. The molecule has 5 nitrogen and oxygen atoms in total. The topological polar surface area (TPSA) is 69.6 Å². The van der Waals surface area contributed by atoms with Gasteiger partial charge >= 0.3 is 5.97 Å². The van der Waals surface area contributed by atoms with Crippen LogP contribution in [0.3, 0.4) is 0 Å². The summed E-state index contributed by atoms with van der Waals surface area (Å²) in [5.74, 6) is -0.706. The second-order valence-electron chi connectivity index (χ2n) is 6.26. The Kier molecular flexibility index (Phi) is 6.46. The molecule has 0 saturated heterocycles. The van der Waals surface area contributed by atoms with E-state index in [4.69, 9.17) is 5.11 Å².